The van der Waals surface area contributed by atoms with Gasteiger partial charge in [0.05, 0.1) is 11.0 Å². The molecule has 0 radical (unpaired) electrons. The highest BCUT2D eigenvalue weighted by Gasteiger charge is 2.58. The minimum atomic E-state index is -5.66. The number of benzene rings is 1. The topological polar surface area (TPSA) is 35.6 Å². The van der Waals surface area contributed by atoms with Gasteiger partial charge in [-0.15, -0.1) is 11.8 Å². The Morgan fingerprint density at radius 3 is 2.34 bits per heavy atom. The quantitative estimate of drug-likeness (QED) is 0.390. The highest BCUT2D eigenvalue weighted by molar-refractivity contribution is 7.99. The van der Waals surface area contributed by atoms with Crippen LogP contribution in [0.5, 0.6) is 0 Å². The van der Waals surface area contributed by atoms with Crippen molar-refractivity contribution in [3.05, 3.63) is 29.6 Å². The molecule has 2 heterocycles. The number of alkyl halides is 5. The molecule has 4 rings (SSSR count). The molecular formula is C19H19F5N4S. The van der Waals surface area contributed by atoms with Gasteiger partial charge in [-0.3, -0.25) is 0 Å². The maximum Gasteiger partial charge on any atom is 0.458 e. The third-order valence-electron chi connectivity index (χ3n) is 5.11. The maximum atomic E-state index is 13.8. The van der Waals surface area contributed by atoms with Crippen LogP contribution in [-0.2, 0) is 20.0 Å². The second-order valence-electron chi connectivity index (χ2n) is 7.16. The van der Waals surface area contributed by atoms with Crippen LogP contribution in [-0.4, -0.2) is 31.0 Å². The number of fused-ring (bicyclic) bond motifs is 1. The predicted octanol–water partition coefficient (Wildman–Crippen LogP) is 5.62. The number of aryl methyl sites for hydroxylation is 1. The lowest BCUT2D eigenvalue weighted by Gasteiger charge is -2.19. The van der Waals surface area contributed by atoms with Crippen LogP contribution in [0.25, 0.3) is 22.6 Å². The Morgan fingerprint density at radius 1 is 1.07 bits per heavy atom. The molecule has 0 unspecified atom stereocenters. The van der Waals surface area contributed by atoms with Crippen LogP contribution in [0.15, 0.2) is 23.2 Å². The fourth-order valence-corrected chi connectivity index (χ4v) is 4.26. The minimum absolute atomic E-state index is 0.0787. The molecule has 3 aromatic rings. The maximum absolute atomic E-state index is 13.8. The Hall–Kier alpha value is -2.10. The van der Waals surface area contributed by atoms with E-state index < -0.39 is 17.7 Å². The first-order valence-corrected chi connectivity index (χ1v) is 10.2. The summed E-state index contributed by atoms with van der Waals surface area (Å²) in [7, 11) is 3.64. The second kappa shape index (κ2) is 6.72. The summed E-state index contributed by atoms with van der Waals surface area (Å²) in [6.07, 6.45) is -3.53. The Balaban J connectivity index is 1.86. The van der Waals surface area contributed by atoms with E-state index in [1.54, 1.807) is 23.4 Å². The van der Waals surface area contributed by atoms with Gasteiger partial charge >= 0.3 is 12.1 Å². The second-order valence-corrected chi connectivity index (χ2v) is 8.41. The van der Waals surface area contributed by atoms with E-state index in [1.165, 1.54) is 6.07 Å². The minimum Gasteiger partial charge on any atom is -0.326 e. The van der Waals surface area contributed by atoms with Crippen molar-refractivity contribution in [2.24, 2.45) is 14.1 Å². The van der Waals surface area contributed by atoms with Crippen LogP contribution < -0.4 is 0 Å². The standard InChI is InChI=1S/C19H19F5N4S/c1-4-29-17-14(26-15(28(17)3)10-5-6-10)16-25-12-9-11(7-8-13(12)27(16)2)18(20,21)19(22,23)24/h7-10H,4-6H2,1-3H3. The van der Waals surface area contributed by atoms with E-state index in [4.69, 9.17) is 4.98 Å². The third-order valence-corrected chi connectivity index (χ3v) is 6.14. The third kappa shape index (κ3) is 3.21. The van der Waals surface area contributed by atoms with Crippen molar-refractivity contribution in [1.82, 2.24) is 19.1 Å². The fourth-order valence-electron chi connectivity index (χ4n) is 3.43. The van der Waals surface area contributed by atoms with Gasteiger partial charge in [-0.1, -0.05) is 13.0 Å². The molecule has 1 aliphatic rings. The predicted molar refractivity (Wildman–Crippen MR) is 101 cm³/mol. The molecule has 10 heteroatoms. The van der Waals surface area contributed by atoms with Crippen LogP contribution in [0.3, 0.4) is 0 Å². The summed E-state index contributed by atoms with van der Waals surface area (Å²) in [6, 6.07) is 2.86. The largest absolute Gasteiger partial charge is 0.458 e. The van der Waals surface area contributed by atoms with E-state index in [0.29, 0.717) is 23.0 Å². The van der Waals surface area contributed by atoms with Gasteiger partial charge in [0.15, 0.2) is 5.82 Å². The SMILES string of the molecule is CCSc1c(-c2nc3cc(C(F)(F)C(F)(F)F)ccc3n2C)nc(C2CC2)n1C. The van der Waals surface area contributed by atoms with Crippen molar-refractivity contribution in [2.45, 2.75) is 42.8 Å². The van der Waals surface area contributed by atoms with Crippen LogP contribution in [0.4, 0.5) is 22.0 Å². The van der Waals surface area contributed by atoms with E-state index in [1.807, 2.05) is 18.5 Å². The molecule has 29 heavy (non-hydrogen) atoms. The average Bonchev–Trinajstić information content (AvgIpc) is 3.37. The Kier molecular flexibility index (Phi) is 4.67. The summed E-state index contributed by atoms with van der Waals surface area (Å²) in [5, 5.41) is 0.911. The number of thioether (sulfide) groups is 1. The smallest absolute Gasteiger partial charge is 0.326 e. The first-order valence-electron chi connectivity index (χ1n) is 9.17. The van der Waals surface area contributed by atoms with Gasteiger partial charge in [-0.05, 0) is 30.7 Å². The highest BCUT2D eigenvalue weighted by Crippen LogP contribution is 2.45. The summed E-state index contributed by atoms with van der Waals surface area (Å²) in [6.45, 7) is 2.01. The molecule has 0 bridgehead atoms. The van der Waals surface area contributed by atoms with Crippen LogP contribution >= 0.6 is 11.8 Å². The highest BCUT2D eigenvalue weighted by atomic mass is 32.2. The zero-order chi connectivity index (χ0) is 21.1. The normalized spacial score (nSPS) is 15.4. The molecule has 0 amide bonds. The molecule has 0 N–H and O–H groups in total. The number of imidazole rings is 2. The molecule has 1 fully saturated rings. The van der Waals surface area contributed by atoms with Crippen molar-refractivity contribution in [1.29, 1.82) is 0 Å². The first-order chi connectivity index (χ1) is 13.6. The van der Waals surface area contributed by atoms with Gasteiger partial charge in [-0.2, -0.15) is 22.0 Å². The Labute approximate surface area is 168 Å². The van der Waals surface area contributed by atoms with Crippen molar-refractivity contribution in [3.63, 3.8) is 0 Å². The Bertz CT molecular complexity index is 1080. The molecule has 1 aromatic carbocycles. The molecule has 156 valence electrons. The number of hydrogen-bond donors (Lipinski definition) is 0. The Morgan fingerprint density at radius 2 is 1.76 bits per heavy atom. The number of hydrogen-bond acceptors (Lipinski definition) is 3. The van der Waals surface area contributed by atoms with E-state index in [9.17, 15) is 22.0 Å². The van der Waals surface area contributed by atoms with Gasteiger partial charge in [0.25, 0.3) is 0 Å². The van der Waals surface area contributed by atoms with E-state index in [-0.39, 0.29) is 5.52 Å². The number of halogens is 5. The molecule has 2 aromatic heterocycles. The lowest BCUT2D eigenvalue weighted by atomic mass is 10.1. The van der Waals surface area contributed by atoms with Gasteiger partial charge in [-0.25, -0.2) is 9.97 Å². The molecule has 1 aliphatic carbocycles. The van der Waals surface area contributed by atoms with E-state index in [0.717, 1.165) is 41.6 Å². The van der Waals surface area contributed by atoms with Crippen LogP contribution in [0, 0.1) is 0 Å². The average molecular weight is 430 g/mol. The molecule has 0 atom stereocenters. The summed E-state index contributed by atoms with van der Waals surface area (Å²) >= 11 is 1.60. The van der Waals surface area contributed by atoms with Crippen LogP contribution in [0.1, 0.15) is 37.1 Å². The lowest BCUT2D eigenvalue weighted by Crippen LogP contribution is -2.33. The van der Waals surface area contributed by atoms with Crippen molar-refractivity contribution >= 4 is 22.8 Å². The fraction of sp³-hybridized carbons (Fsp3) is 0.474. The summed E-state index contributed by atoms with van der Waals surface area (Å²) in [5.41, 5.74) is 0.0527. The first kappa shape index (κ1) is 20.2. The zero-order valence-corrected chi connectivity index (χ0v) is 16.8. The number of rotatable bonds is 5. The molecule has 0 spiro atoms. The summed E-state index contributed by atoms with van der Waals surface area (Å²) < 4.78 is 69.5. The zero-order valence-electron chi connectivity index (χ0n) is 16.0. The van der Waals surface area contributed by atoms with Crippen molar-refractivity contribution in [2.75, 3.05) is 5.75 Å². The summed E-state index contributed by atoms with van der Waals surface area (Å²) in [4.78, 5) is 9.15. The van der Waals surface area contributed by atoms with Crippen molar-refractivity contribution in [3.8, 4) is 11.5 Å². The molecular weight excluding hydrogens is 411 g/mol. The number of nitrogens with zero attached hydrogens (tertiary/aromatic N) is 4. The van der Waals surface area contributed by atoms with Crippen LogP contribution in [0.2, 0.25) is 0 Å². The number of aromatic nitrogens is 4. The summed E-state index contributed by atoms with van der Waals surface area (Å²) in [5.74, 6) is -2.33. The van der Waals surface area contributed by atoms with Gasteiger partial charge < -0.3 is 9.13 Å². The molecule has 0 aliphatic heterocycles. The molecule has 1 saturated carbocycles. The van der Waals surface area contributed by atoms with Gasteiger partial charge in [0.1, 0.15) is 16.5 Å². The van der Waals surface area contributed by atoms with Gasteiger partial charge in [0, 0.05) is 25.6 Å². The van der Waals surface area contributed by atoms with E-state index >= 15 is 0 Å². The lowest BCUT2D eigenvalue weighted by molar-refractivity contribution is -0.289. The van der Waals surface area contributed by atoms with Crippen molar-refractivity contribution < 1.29 is 22.0 Å². The van der Waals surface area contributed by atoms with Gasteiger partial charge in [0.2, 0.25) is 0 Å². The monoisotopic (exact) mass is 430 g/mol. The van der Waals surface area contributed by atoms with E-state index in [2.05, 4.69) is 4.98 Å². The molecule has 0 saturated heterocycles. The molecule has 4 nitrogen and oxygen atoms in total.